The van der Waals surface area contributed by atoms with Crippen molar-refractivity contribution in [1.82, 2.24) is 9.97 Å². The van der Waals surface area contributed by atoms with E-state index in [4.69, 9.17) is 5.11 Å². The second-order valence-corrected chi connectivity index (χ2v) is 4.06. The lowest BCUT2D eigenvalue weighted by molar-refractivity contribution is -0.137. The third kappa shape index (κ3) is 2.43. The molecule has 1 atom stereocenters. The van der Waals surface area contributed by atoms with Gasteiger partial charge in [0, 0.05) is 11.3 Å². The minimum Gasteiger partial charge on any atom is -0.480 e. The van der Waals surface area contributed by atoms with Crippen LogP contribution in [0.2, 0.25) is 0 Å². The Hall–Kier alpha value is -1.91. The smallest absolute Gasteiger partial charge is 0.326 e. The van der Waals surface area contributed by atoms with Crippen LogP contribution in [0.1, 0.15) is 24.1 Å². The molecule has 0 aliphatic heterocycles. The Bertz CT molecular complexity index is 445. The summed E-state index contributed by atoms with van der Waals surface area (Å²) in [6.45, 7) is 3.56. The van der Waals surface area contributed by atoms with Crippen LogP contribution in [0.5, 0.6) is 0 Å². The summed E-state index contributed by atoms with van der Waals surface area (Å²) in [5.41, 5.74) is 2.09. The molecule has 0 amide bonds. The molecule has 90 valence electrons. The second kappa shape index (κ2) is 4.95. The molecule has 1 unspecified atom stereocenters. The Morgan fingerprint density at radius 1 is 1.59 bits per heavy atom. The molecule has 0 fully saturated rings. The number of aliphatic carboxylic acids is 1. The van der Waals surface area contributed by atoms with Gasteiger partial charge in [-0.1, -0.05) is 6.08 Å². The van der Waals surface area contributed by atoms with Crippen LogP contribution in [0.3, 0.4) is 0 Å². The molecular weight excluding hydrogens is 218 g/mol. The Morgan fingerprint density at radius 3 is 3.12 bits per heavy atom. The second-order valence-electron chi connectivity index (χ2n) is 4.06. The summed E-state index contributed by atoms with van der Waals surface area (Å²) in [7, 11) is 0. The standard InChI is InChI=1S/C12H15N3O2/c1-2-4-10(12(16)17)15-11-8-5-3-6-9(8)13-7-14-11/h2,7,10H,1,3-6H2,(H,16,17)(H,13,14,15). The number of hydrogen-bond donors (Lipinski definition) is 2. The minimum absolute atomic E-state index is 0.369. The lowest BCUT2D eigenvalue weighted by Gasteiger charge is -2.15. The van der Waals surface area contributed by atoms with Crippen molar-refractivity contribution in [2.45, 2.75) is 31.7 Å². The van der Waals surface area contributed by atoms with Gasteiger partial charge in [-0.15, -0.1) is 6.58 Å². The van der Waals surface area contributed by atoms with Gasteiger partial charge in [0.15, 0.2) is 0 Å². The van der Waals surface area contributed by atoms with Gasteiger partial charge in [0.05, 0.1) is 0 Å². The largest absolute Gasteiger partial charge is 0.480 e. The van der Waals surface area contributed by atoms with Gasteiger partial charge in [0.2, 0.25) is 0 Å². The molecule has 0 bridgehead atoms. The van der Waals surface area contributed by atoms with Crippen molar-refractivity contribution in [3.63, 3.8) is 0 Å². The molecule has 0 aromatic carbocycles. The van der Waals surface area contributed by atoms with E-state index in [1.165, 1.54) is 6.33 Å². The topological polar surface area (TPSA) is 75.1 Å². The number of fused-ring (bicyclic) bond motifs is 1. The molecule has 1 aromatic rings. The summed E-state index contributed by atoms with van der Waals surface area (Å²) in [6.07, 6.45) is 6.37. The molecular formula is C12H15N3O2. The Balaban J connectivity index is 2.20. The first-order valence-electron chi connectivity index (χ1n) is 5.65. The Morgan fingerprint density at radius 2 is 2.41 bits per heavy atom. The first-order chi connectivity index (χ1) is 8.22. The van der Waals surface area contributed by atoms with E-state index in [1.807, 2.05) is 0 Å². The van der Waals surface area contributed by atoms with Gasteiger partial charge in [-0.3, -0.25) is 0 Å². The van der Waals surface area contributed by atoms with E-state index in [9.17, 15) is 4.79 Å². The van der Waals surface area contributed by atoms with Crippen molar-refractivity contribution in [3.05, 3.63) is 30.2 Å². The zero-order chi connectivity index (χ0) is 12.3. The van der Waals surface area contributed by atoms with Gasteiger partial charge < -0.3 is 10.4 Å². The maximum Gasteiger partial charge on any atom is 0.326 e. The molecule has 0 saturated heterocycles. The first-order valence-corrected chi connectivity index (χ1v) is 5.65. The fraction of sp³-hybridized carbons (Fsp3) is 0.417. The Kier molecular flexibility index (Phi) is 3.37. The molecule has 1 aliphatic rings. The van der Waals surface area contributed by atoms with Crippen molar-refractivity contribution in [2.24, 2.45) is 0 Å². The predicted octanol–water partition coefficient (Wildman–Crippen LogP) is 1.41. The van der Waals surface area contributed by atoms with E-state index >= 15 is 0 Å². The van der Waals surface area contributed by atoms with Crippen LogP contribution in [-0.4, -0.2) is 27.1 Å². The van der Waals surface area contributed by atoms with Crippen LogP contribution >= 0.6 is 0 Å². The van der Waals surface area contributed by atoms with Crippen molar-refractivity contribution < 1.29 is 9.90 Å². The number of anilines is 1. The van der Waals surface area contributed by atoms with Crippen LogP contribution in [0.25, 0.3) is 0 Å². The van der Waals surface area contributed by atoms with Crippen molar-refractivity contribution in [2.75, 3.05) is 5.32 Å². The van der Waals surface area contributed by atoms with Gasteiger partial charge in [-0.05, 0) is 25.7 Å². The zero-order valence-electron chi connectivity index (χ0n) is 9.52. The van der Waals surface area contributed by atoms with Gasteiger partial charge >= 0.3 is 5.97 Å². The normalized spacial score (nSPS) is 15.1. The van der Waals surface area contributed by atoms with E-state index in [0.717, 1.165) is 30.5 Å². The number of hydrogen-bond acceptors (Lipinski definition) is 4. The molecule has 1 heterocycles. The molecule has 1 aliphatic carbocycles. The van der Waals surface area contributed by atoms with Gasteiger partial charge in [0.1, 0.15) is 18.2 Å². The van der Waals surface area contributed by atoms with Gasteiger partial charge in [-0.25, -0.2) is 14.8 Å². The average molecular weight is 233 g/mol. The average Bonchev–Trinajstić information content (AvgIpc) is 2.77. The highest BCUT2D eigenvalue weighted by atomic mass is 16.4. The van der Waals surface area contributed by atoms with Crippen LogP contribution in [-0.2, 0) is 17.6 Å². The third-order valence-electron chi connectivity index (χ3n) is 2.89. The fourth-order valence-corrected chi connectivity index (χ4v) is 2.04. The number of rotatable bonds is 5. The zero-order valence-corrected chi connectivity index (χ0v) is 9.52. The van der Waals surface area contributed by atoms with E-state index < -0.39 is 12.0 Å². The number of carbonyl (C=O) groups is 1. The van der Waals surface area contributed by atoms with Crippen LogP contribution in [0.4, 0.5) is 5.82 Å². The molecule has 5 nitrogen and oxygen atoms in total. The number of nitrogens with zero attached hydrogens (tertiary/aromatic N) is 2. The SMILES string of the molecule is C=CCC(Nc1ncnc2c1CCC2)C(=O)O. The summed E-state index contributed by atoms with van der Waals surface area (Å²) < 4.78 is 0. The molecule has 0 spiro atoms. The molecule has 2 N–H and O–H groups in total. The maximum absolute atomic E-state index is 11.0. The molecule has 5 heteroatoms. The molecule has 0 saturated carbocycles. The lowest BCUT2D eigenvalue weighted by atomic mass is 10.2. The number of carboxylic acid groups (broad SMARTS) is 1. The Labute approximate surface area is 99.6 Å². The van der Waals surface area contributed by atoms with Gasteiger partial charge in [-0.2, -0.15) is 0 Å². The predicted molar refractivity (Wildman–Crippen MR) is 63.9 cm³/mol. The summed E-state index contributed by atoms with van der Waals surface area (Å²) in [4.78, 5) is 19.4. The van der Waals surface area contributed by atoms with E-state index in [1.54, 1.807) is 6.08 Å². The molecule has 0 radical (unpaired) electrons. The summed E-state index contributed by atoms with van der Waals surface area (Å²) >= 11 is 0. The maximum atomic E-state index is 11.0. The van der Waals surface area contributed by atoms with Crippen LogP contribution in [0.15, 0.2) is 19.0 Å². The minimum atomic E-state index is -0.893. The summed E-state index contributed by atoms with van der Waals surface area (Å²) in [6, 6.07) is -0.674. The van der Waals surface area contributed by atoms with Gasteiger partial charge in [0.25, 0.3) is 0 Å². The highest BCUT2D eigenvalue weighted by Gasteiger charge is 2.21. The van der Waals surface area contributed by atoms with Crippen LogP contribution < -0.4 is 5.32 Å². The highest BCUT2D eigenvalue weighted by Crippen LogP contribution is 2.25. The fourth-order valence-electron chi connectivity index (χ4n) is 2.04. The number of aryl methyl sites for hydroxylation is 1. The highest BCUT2D eigenvalue weighted by molar-refractivity contribution is 5.77. The number of carboxylic acids is 1. The van der Waals surface area contributed by atoms with Crippen LogP contribution in [0, 0.1) is 0 Å². The molecule has 1 aromatic heterocycles. The van der Waals surface area contributed by atoms with Crippen molar-refractivity contribution in [3.8, 4) is 0 Å². The number of aromatic nitrogens is 2. The molecule has 2 rings (SSSR count). The van der Waals surface area contributed by atoms with E-state index in [2.05, 4.69) is 21.9 Å². The lowest BCUT2D eigenvalue weighted by Crippen LogP contribution is -2.29. The third-order valence-corrected chi connectivity index (χ3v) is 2.89. The first kappa shape index (κ1) is 11.6. The number of nitrogens with one attached hydrogen (secondary N) is 1. The van der Waals surface area contributed by atoms with E-state index in [-0.39, 0.29) is 0 Å². The van der Waals surface area contributed by atoms with Crippen molar-refractivity contribution >= 4 is 11.8 Å². The van der Waals surface area contributed by atoms with E-state index in [0.29, 0.717) is 12.2 Å². The summed E-state index contributed by atoms with van der Waals surface area (Å²) in [5.74, 6) is -0.239. The summed E-state index contributed by atoms with van der Waals surface area (Å²) in [5, 5.41) is 12.0. The monoisotopic (exact) mass is 233 g/mol. The quantitative estimate of drug-likeness (QED) is 0.752. The molecule has 17 heavy (non-hydrogen) atoms. The van der Waals surface area contributed by atoms with Crippen molar-refractivity contribution in [1.29, 1.82) is 0 Å².